The Labute approximate surface area is 179 Å². The van der Waals surface area contributed by atoms with Gasteiger partial charge in [-0.25, -0.2) is 4.39 Å². The average Bonchev–Trinajstić information content (AvgIpc) is 2.76. The van der Waals surface area contributed by atoms with Gasteiger partial charge in [-0.2, -0.15) is 0 Å². The Balaban J connectivity index is 1.50. The normalized spacial score (nSPS) is 10.5. The third-order valence-corrected chi connectivity index (χ3v) is 5.57. The van der Waals surface area contributed by atoms with Crippen LogP contribution in [0.4, 0.5) is 10.1 Å². The summed E-state index contributed by atoms with van der Waals surface area (Å²) in [5, 5.41) is 5.77. The van der Waals surface area contributed by atoms with Gasteiger partial charge in [-0.1, -0.05) is 24.3 Å². The maximum absolute atomic E-state index is 12.9. The summed E-state index contributed by atoms with van der Waals surface area (Å²) >= 11 is 1.62. The standard InChI is InChI=1S/C24H23FN2O2S/c1-17-8-9-19(16-22(17)27-24(29)18-6-3-2-4-7-18)23(28)26-14-5-15-30-21-12-10-20(25)11-13-21/h2-4,6-13,16H,5,14-15H2,1H3,(H,26,28)(H,27,29). The molecule has 3 aromatic rings. The molecular formula is C24H23FN2O2S. The predicted octanol–water partition coefficient (Wildman–Crippen LogP) is 5.30. The van der Waals surface area contributed by atoms with Crippen LogP contribution in [0.15, 0.2) is 77.7 Å². The molecule has 0 aromatic heterocycles. The maximum Gasteiger partial charge on any atom is 0.255 e. The zero-order valence-electron chi connectivity index (χ0n) is 16.7. The Bertz CT molecular complexity index is 1010. The Hall–Kier alpha value is -3.12. The number of hydrogen-bond donors (Lipinski definition) is 2. The van der Waals surface area contributed by atoms with Crippen LogP contribution in [0.1, 0.15) is 32.7 Å². The lowest BCUT2D eigenvalue weighted by Gasteiger charge is -2.11. The van der Waals surface area contributed by atoms with E-state index >= 15 is 0 Å². The quantitative estimate of drug-likeness (QED) is 0.383. The molecule has 0 aliphatic rings. The van der Waals surface area contributed by atoms with Gasteiger partial charge in [-0.3, -0.25) is 9.59 Å². The molecule has 154 valence electrons. The van der Waals surface area contributed by atoms with Crippen molar-refractivity contribution in [2.24, 2.45) is 0 Å². The number of benzene rings is 3. The van der Waals surface area contributed by atoms with E-state index in [1.165, 1.54) is 12.1 Å². The van der Waals surface area contributed by atoms with E-state index in [1.807, 2.05) is 19.1 Å². The first-order valence-electron chi connectivity index (χ1n) is 9.66. The van der Waals surface area contributed by atoms with Crippen LogP contribution in [0.5, 0.6) is 0 Å². The van der Waals surface area contributed by atoms with Crippen LogP contribution < -0.4 is 10.6 Å². The molecule has 0 saturated carbocycles. The van der Waals surface area contributed by atoms with E-state index in [0.29, 0.717) is 23.4 Å². The second-order valence-electron chi connectivity index (χ2n) is 6.76. The van der Waals surface area contributed by atoms with Crippen LogP contribution in [0.25, 0.3) is 0 Å². The fourth-order valence-electron chi connectivity index (χ4n) is 2.78. The van der Waals surface area contributed by atoms with Crippen molar-refractivity contribution < 1.29 is 14.0 Å². The number of rotatable bonds is 8. The third-order valence-electron chi connectivity index (χ3n) is 4.47. The fraction of sp³-hybridized carbons (Fsp3) is 0.167. The molecule has 2 amide bonds. The number of thioether (sulfide) groups is 1. The molecule has 0 atom stereocenters. The molecular weight excluding hydrogens is 399 g/mol. The van der Waals surface area contributed by atoms with Gasteiger partial charge in [0.05, 0.1) is 0 Å². The topological polar surface area (TPSA) is 58.2 Å². The molecule has 0 radical (unpaired) electrons. The largest absolute Gasteiger partial charge is 0.352 e. The molecule has 3 rings (SSSR count). The highest BCUT2D eigenvalue weighted by atomic mass is 32.2. The molecule has 3 aromatic carbocycles. The highest BCUT2D eigenvalue weighted by Gasteiger charge is 2.11. The van der Waals surface area contributed by atoms with Crippen molar-refractivity contribution in [1.82, 2.24) is 5.32 Å². The Morgan fingerprint density at radius 3 is 2.37 bits per heavy atom. The molecule has 4 nitrogen and oxygen atoms in total. The molecule has 0 heterocycles. The van der Waals surface area contributed by atoms with Crippen molar-refractivity contribution in [3.63, 3.8) is 0 Å². The highest BCUT2D eigenvalue weighted by Crippen LogP contribution is 2.19. The van der Waals surface area contributed by atoms with E-state index in [-0.39, 0.29) is 17.6 Å². The minimum absolute atomic E-state index is 0.183. The monoisotopic (exact) mass is 422 g/mol. The minimum Gasteiger partial charge on any atom is -0.352 e. The summed E-state index contributed by atoms with van der Waals surface area (Å²) in [6.45, 7) is 2.42. The number of nitrogens with one attached hydrogen (secondary N) is 2. The number of anilines is 1. The lowest BCUT2D eigenvalue weighted by atomic mass is 10.1. The first kappa shape index (κ1) is 21.6. The van der Waals surface area contributed by atoms with Crippen LogP contribution in [0, 0.1) is 12.7 Å². The summed E-state index contributed by atoms with van der Waals surface area (Å²) < 4.78 is 12.9. The number of halogens is 1. The number of carbonyl (C=O) groups excluding carboxylic acids is 2. The molecule has 0 fully saturated rings. The predicted molar refractivity (Wildman–Crippen MR) is 120 cm³/mol. The molecule has 6 heteroatoms. The highest BCUT2D eigenvalue weighted by molar-refractivity contribution is 7.99. The van der Waals surface area contributed by atoms with Crippen LogP contribution in [0.2, 0.25) is 0 Å². The van der Waals surface area contributed by atoms with Crippen LogP contribution >= 0.6 is 11.8 Å². The van der Waals surface area contributed by atoms with E-state index < -0.39 is 0 Å². The summed E-state index contributed by atoms with van der Waals surface area (Å²) in [7, 11) is 0. The molecule has 0 spiro atoms. The van der Waals surface area contributed by atoms with E-state index in [9.17, 15) is 14.0 Å². The molecule has 0 saturated heterocycles. The van der Waals surface area contributed by atoms with Gasteiger partial charge in [0.2, 0.25) is 0 Å². The van der Waals surface area contributed by atoms with Crippen molar-refractivity contribution in [2.45, 2.75) is 18.2 Å². The van der Waals surface area contributed by atoms with Crippen molar-refractivity contribution in [2.75, 3.05) is 17.6 Å². The summed E-state index contributed by atoms with van der Waals surface area (Å²) in [6, 6.07) is 20.6. The van der Waals surface area contributed by atoms with Gasteiger partial charge < -0.3 is 10.6 Å². The van der Waals surface area contributed by atoms with E-state index in [1.54, 1.807) is 60.3 Å². The molecule has 0 bridgehead atoms. The summed E-state index contributed by atoms with van der Waals surface area (Å²) in [4.78, 5) is 25.9. The minimum atomic E-state index is -0.246. The van der Waals surface area contributed by atoms with Gasteiger partial charge in [-0.15, -0.1) is 11.8 Å². The van der Waals surface area contributed by atoms with Gasteiger partial charge in [0.15, 0.2) is 0 Å². The van der Waals surface area contributed by atoms with E-state index in [2.05, 4.69) is 10.6 Å². The smallest absolute Gasteiger partial charge is 0.255 e. The van der Waals surface area contributed by atoms with Crippen LogP contribution in [0.3, 0.4) is 0 Å². The van der Waals surface area contributed by atoms with Crippen molar-refractivity contribution in [3.8, 4) is 0 Å². The van der Waals surface area contributed by atoms with E-state index in [4.69, 9.17) is 0 Å². The van der Waals surface area contributed by atoms with Crippen molar-refractivity contribution >= 4 is 29.3 Å². The van der Waals surface area contributed by atoms with Crippen molar-refractivity contribution in [3.05, 3.63) is 95.3 Å². The van der Waals surface area contributed by atoms with Crippen LogP contribution in [-0.4, -0.2) is 24.1 Å². The SMILES string of the molecule is Cc1ccc(C(=O)NCCCSc2ccc(F)cc2)cc1NC(=O)c1ccccc1. The van der Waals surface area contributed by atoms with Gasteiger partial charge in [-0.05, 0) is 73.2 Å². The lowest BCUT2D eigenvalue weighted by Crippen LogP contribution is -2.25. The summed E-state index contributed by atoms with van der Waals surface area (Å²) in [5.41, 5.74) is 2.55. The molecule has 0 aliphatic carbocycles. The molecule has 30 heavy (non-hydrogen) atoms. The van der Waals surface area contributed by atoms with Gasteiger partial charge in [0.25, 0.3) is 11.8 Å². The van der Waals surface area contributed by atoms with E-state index in [0.717, 1.165) is 22.6 Å². The summed E-state index contributed by atoms with van der Waals surface area (Å²) in [5.74, 6) is 0.174. The molecule has 0 unspecified atom stereocenters. The number of hydrogen-bond acceptors (Lipinski definition) is 3. The number of carbonyl (C=O) groups is 2. The van der Waals surface area contributed by atoms with Crippen molar-refractivity contribution in [1.29, 1.82) is 0 Å². The van der Waals surface area contributed by atoms with Crippen LogP contribution in [-0.2, 0) is 0 Å². The van der Waals surface area contributed by atoms with Gasteiger partial charge in [0, 0.05) is 28.3 Å². The second-order valence-corrected chi connectivity index (χ2v) is 7.93. The molecule has 2 N–H and O–H groups in total. The molecule has 0 aliphatic heterocycles. The Morgan fingerprint density at radius 1 is 0.900 bits per heavy atom. The first-order chi connectivity index (χ1) is 14.5. The zero-order valence-corrected chi connectivity index (χ0v) is 17.5. The lowest BCUT2D eigenvalue weighted by molar-refractivity contribution is 0.0952. The Kier molecular flexibility index (Phi) is 7.63. The average molecular weight is 423 g/mol. The van der Waals surface area contributed by atoms with Gasteiger partial charge in [0.1, 0.15) is 5.82 Å². The second kappa shape index (κ2) is 10.6. The number of aryl methyl sites for hydroxylation is 1. The fourth-order valence-corrected chi connectivity index (χ4v) is 3.63. The third kappa shape index (κ3) is 6.19. The first-order valence-corrected chi connectivity index (χ1v) is 10.6. The zero-order chi connectivity index (χ0) is 21.3. The summed E-state index contributed by atoms with van der Waals surface area (Å²) in [6.07, 6.45) is 0.789. The Morgan fingerprint density at radius 2 is 1.63 bits per heavy atom. The maximum atomic E-state index is 12.9. The number of amides is 2. The van der Waals surface area contributed by atoms with Gasteiger partial charge >= 0.3 is 0 Å².